The topological polar surface area (TPSA) is 485 Å². The van der Waals surface area contributed by atoms with Crippen LogP contribution in [0.4, 0.5) is 0 Å². The third-order valence-electron chi connectivity index (χ3n) is 15.4. The summed E-state index contributed by atoms with van der Waals surface area (Å²) in [6, 6.07) is -1.16. The Hall–Kier alpha value is -6.08. The first-order valence-corrected chi connectivity index (χ1v) is 31.9. The van der Waals surface area contributed by atoms with Crippen LogP contribution in [0.5, 0.6) is 0 Å². The zero-order valence-electron chi connectivity index (χ0n) is 53.2. The van der Waals surface area contributed by atoms with Gasteiger partial charge in [-0.2, -0.15) is 0 Å². The molecule has 1 saturated heterocycles. The van der Waals surface area contributed by atoms with Crippen molar-refractivity contribution in [2.75, 3.05) is 58.9 Å². The molecule has 0 aliphatic carbocycles. The van der Waals surface area contributed by atoms with Crippen LogP contribution in [-0.2, 0) is 59.1 Å². The maximum atomic E-state index is 14.5. The van der Waals surface area contributed by atoms with Crippen LogP contribution >= 0.6 is 0 Å². The molecule has 506 valence electrons. The van der Waals surface area contributed by atoms with Crippen molar-refractivity contribution in [2.45, 2.75) is 210 Å². The fourth-order valence-electron chi connectivity index (χ4n) is 10.4. The van der Waals surface area contributed by atoms with Crippen molar-refractivity contribution >= 4 is 58.9 Å². The Bertz CT molecular complexity index is 2320. The van der Waals surface area contributed by atoms with Gasteiger partial charge in [0, 0.05) is 38.6 Å². The molecule has 1 aromatic rings. The summed E-state index contributed by atoms with van der Waals surface area (Å²) in [6.07, 6.45) is 0.342. The van der Waals surface area contributed by atoms with Crippen molar-refractivity contribution in [3.05, 3.63) is 35.9 Å². The molecule has 2 rings (SSSR count). The summed E-state index contributed by atoms with van der Waals surface area (Å²) in [7, 11) is 0. The van der Waals surface area contributed by atoms with Gasteiger partial charge in [0.15, 0.2) is 17.7 Å². The smallest absolute Gasteiger partial charge is 0.306 e. The molecular weight excluding hydrogens is 1150 g/mol. The molecule has 13 atom stereocenters. The Morgan fingerprint density at radius 1 is 0.618 bits per heavy atom. The Labute approximate surface area is 525 Å². The van der Waals surface area contributed by atoms with Gasteiger partial charge in [0.25, 0.3) is 5.91 Å². The van der Waals surface area contributed by atoms with Crippen LogP contribution in [0.15, 0.2) is 30.3 Å². The average Bonchev–Trinajstić information content (AvgIpc) is 2.79. The van der Waals surface area contributed by atoms with E-state index in [4.69, 9.17) is 39.1 Å². The number of benzene rings is 1. The molecule has 28 nitrogen and oxygen atoms in total. The van der Waals surface area contributed by atoms with Gasteiger partial charge in [-0.05, 0) is 141 Å². The number of Topliss-reactive ketones (excluding diaryl/α,β-unsaturated/α-hetero) is 2. The van der Waals surface area contributed by atoms with E-state index in [0.29, 0.717) is 18.4 Å². The van der Waals surface area contributed by atoms with Crippen LogP contribution in [0.3, 0.4) is 0 Å². The van der Waals surface area contributed by atoms with Crippen LogP contribution in [0.1, 0.15) is 143 Å². The number of ether oxygens (including phenoxy) is 1. The van der Waals surface area contributed by atoms with Gasteiger partial charge in [0.1, 0.15) is 30.2 Å². The number of hydrogen-bond donors (Lipinski definition) is 17. The number of nitrogens with one attached hydrogen (secondary N) is 9. The normalized spacial score (nSPS) is 22.6. The third-order valence-corrected chi connectivity index (χ3v) is 15.4. The number of aliphatic hydroxyl groups excluding tert-OH is 2. The fourth-order valence-corrected chi connectivity index (χ4v) is 10.4. The summed E-state index contributed by atoms with van der Waals surface area (Å²) in [5, 5.41) is 47.0. The maximum Gasteiger partial charge on any atom is 0.306 e. The molecular formula is C61H109N15O13. The number of nitrogens with two attached hydrogens (primary N) is 6. The van der Waals surface area contributed by atoms with Crippen molar-refractivity contribution in [1.82, 2.24) is 47.9 Å². The van der Waals surface area contributed by atoms with E-state index in [-0.39, 0.29) is 141 Å². The maximum absolute atomic E-state index is 14.5. The number of carbonyl (C=O) groups excluding carboxylic acids is 10. The highest BCUT2D eigenvalue weighted by molar-refractivity contribution is 5.97. The summed E-state index contributed by atoms with van der Waals surface area (Å²) >= 11 is 0. The van der Waals surface area contributed by atoms with Gasteiger partial charge in [-0.15, -0.1) is 0 Å². The van der Waals surface area contributed by atoms with Crippen LogP contribution in [0, 0.1) is 17.8 Å². The number of ketones is 2. The van der Waals surface area contributed by atoms with Gasteiger partial charge in [-0.3, -0.25) is 47.9 Å². The molecule has 0 aromatic heterocycles. The summed E-state index contributed by atoms with van der Waals surface area (Å²) in [4.78, 5) is 140. The highest BCUT2D eigenvalue weighted by atomic mass is 16.5. The van der Waals surface area contributed by atoms with E-state index in [2.05, 4.69) is 54.8 Å². The van der Waals surface area contributed by atoms with E-state index in [0.717, 1.165) is 25.7 Å². The van der Waals surface area contributed by atoms with Crippen molar-refractivity contribution in [2.24, 2.45) is 52.2 Å². The number of unbranched alkanes of at least 4 members (excludes halogenated alkanes) is 4. The van der Waals surface area contributed by atoms with E-state index >= 15 is 0 Å². The zero-order chi connectivity index (χ0) is 66.4. The van der Waals surface area contributed by atoms with Crippen molar-refractivity contribution < 1.29 is 62.9 Å². The van der Waals surface area contributed by atoms with Gasteiger partial charge < -0.3 is 97.2 Å². The molecule has 0 bridgehead atoms. The minimum absolute atomic E-state index is 0.00521. The molecule has 0 saturated carbocycles. The molecule has 0 radical (unpaired) electrons. The summed E-state index contributed by atoms with van der Waals surface area (Å²) in [5.74, 6) is -8.11. The average molecular weight is 1260 g/mol. The third kappa shape index (κ3) is 30.5. The van der Waals surface area contributed by atoms with Crippen LogP contribution < -0.4 is 82.3 Å². The molecule has 1 aliphatic rings. The van der Waals surface area contributed by atoms with Crippen LogP contribution in [0.25, 0.3) is 0 Å². The number of rotatable bonds is 34. The van der Waals surface area contributed by atoms with Crippen molar-refractivity contribution in [3.8, 4) is 0 Å². The van der Waals surface area contributed by atoms with Crippen molar-refractivity contribution in [3.63, 3.8) is 0 Å². The molecule has 2 unspecified atom stereocenters. The first-order valence-electron chi connectivity index (χ1n) is 31.9. The number of esters is 1. The minimum Gasteiger partial charge on any atom is -0.452 e. The predicted molar refractivity (Wildman–Crippen MR) is 337 cm³/mol. The molecule has 89 heavy (non-hydrogen) atoms. The molecule has 28 heteroatoms. The van der Waals surface area contributed by atoms with E-state index in [1.165, 1.54) is 13.8 Å². The molecule has 23 N–H and O–H groups in total. The number of aliphatic hydroxyl groups is 2. The molecule has 1 aliphatic heterocycles. The van der Waals surface area contributed by atoms with E-state index in [9.17, 15) is 58.2 Å². The SMILES string of the molecule is CCCCCCCC(=O)O[C@@H](CCN)C(=O)N[C@@H](CCN)C(=O)N[C@H](C(=O)N[C@@H](CCN)C(=O)C[C@H]1CCNC(=O)[C@H](C(C)O)NC[C@H](CCN)CC(=O)[C@H](CCN)NC(=O)[C@H](CC(C)C)NC(=O)[C@@H](Cc2ccccc2)NC(=O)[C@H](CCN)NC1)C(C)O. The van der Waals surface area contributed by atoms with E-state index < -0.39 is 132 Å². The first kappa shape index (κ1) is 79.0. The van der Waals surface area contributed by atoms with Gasteiger partial charge >= 0.3 is 5.97 Å². The van der Waals surface area contributed by atoms with E-state index in [1.54, 1.807) is 30.3 Å². The number of amides is 7. The second-order valence-corrected chi connectivity index (χ2v) is 23.7. The fraction of sp³-hybridized carbons (Fsp3) is 0.738. The largest absolute Gasteiger partial charge is 0.452 e. The summed E-state index contributed by atoms with van der Waals surface area (Å²) in [6.45, 7) is 8.32. The Morgan fingerprint density at radius 2 is 1.19 bits per heavy atom. The zero-order valence-corrected chi connectivity index (χ0v) is 53.2. The quantitative estimate of drug-likeness (QED) is 0.0240. The number of carbonyl (C=O) groups is 10. The monoisotopic (exact) mass is 1260 g/mol. The molecule has 0 spiro atoms. The highest BCUT2D eigenvalue weighted by Crippen LogP contribution is 2.17. The van der Waals surface area contributed by atoms with Gasteiger partial charge in [-0.1, -0.05) is 76.8 Å². The van der Waals surface area contributed by atoms with Gasteiger partial charge in [-0.25, -0.2) is 0 Å². The van der Waals surface area contributed by atoms with E-state index in [1.807, 2.05) is 13.8 Å². The van der Waals surface area contributed by atoms with Crippen LogP contribution in [0.2, 0.25) is 0 Å². The standard InChI is InChI=1S/C61H109N15O13/c1-6-7-8-9-13-16-52(81)89-51(22-29-67)59(86)73-46(21-28-66)56(83)76-54(39(5)78)61(88)72-44(19-26-64)50(80)34-42-23-30-68-60(87)53(38(4)77)70-36-41(17-24-62)33-49(79)43(18-25-63)71-57(84)47(31-37(2)3)74-58(85)48(32-40-14-11-10-12-15-40)75-55(82)45(20-27-65)69-35-42/h10-12,14-15,37-39,41-48,51,53-54,69-70,77-78H,6-9,13,16-36,62-67H2,1-5H3,(H,68,87)(H,71,84)(H,72,88)(H,73,86)(H,74,85)(H,75,82)(H,76,83)/t38?,39?,41-,42-,43+,44+,45+,46+,47+,48-,51+,53+,54+/m1/s1. The second-order valence-electron chi connectivity index (χ2n) is 23.7. The van der Waals surface area contributed by atoms with Crippen molar-refractivity contribution in [1.29, 1.82) is 0 Å². The Morgan fingerprint density at radius 3 is 1.80 bits per heavy atom. The molecule has 1 fully saturated rings. The minimum atomic E-state index is -1.69. The molecule has 7 amide bonds. The number of hydrogen-bond acceptors (Lipinski definition) is 21. The first-order chi connectivity index (χ1) is 42.5. The van der Waals surface area contributed by atoms with Gasteiger partial charge in [0.05, 0.1) is 30.3 Å². The Kier molecular flexibility index (Phi) is 39.4. The Balaban J connectivity index is 2.58. The molecule has 1 aromatic carbocycles. The lowest BCUT2D eigenvalue weighted by atomic mass is 9.93. The van der Waals surface area contributed by atoms with Crippen LogP contribution in [-0.4, -0.2) is 195 Å². The summed E-state index contributed by atoms with van der Waals surface area (Å²) in [5.41, 5.74) is 36.3. The molecule has 1 heterocycles. The lowest BCUT2D eigenvalue weighted by Gasteiger charge is -2.28. The predicted octanol–water partition coefficient (Wildman–Crippen LogP) is -3.10. The summed E-state index contributed by atoms with van der Waals surface area (Å²) < 4.78 is 5.46. The highest BCUT2D eigenvalue weighted by Gasteiger charge is 2.36. The second kappa shape index (κ2) is 44.4. The lowest BCUT2D eigenvalue weighted by molar-refractivity contribution is -0.156. The van der Waals surface area contributed by atoms with Gasteiger partial charge in [0.2, 0.25) is 35.4 Å². The lowest BCUT2D eigenvalue weighted by Crippen LogP contribution is -2.60.